The highest BCUT2D eigenvalue weighted by Crippen LogP contribution is 2.12. The molecule has 0 fully saturated rings. The lowest BCUT2D eigenvalue weighted by Crippen LogP contribution is -2.40. The van der Waals surface area contributed by atoms with Crippen molar-refractivity contribution >= 4 is 17.9 Å². The summed E-state index contributed by atoms with van der Waals surface area (Å²) in [6.07, 6.45) is 42.5. The van der Waals surface area contributed by atoms with E-state index in [0.717, 1.165) is 83.5 Å². The van der Waals surface area contributed by atoms with E-state index >= 15 is 0 Å². The molecule has 0 aromatic carbocycles. The zero-order valence-corrected chi connectivity index (χ0v) is 35.3. The molecule has 2 unspecified atom stereocenters. The normalized spacial score (nSPS) is 13.7. The number of carboxylic acid groups (broad SMARTS) is 1. The molecule has 314 valence electrons. The van der Waals surface area contributed by atoms with Crippen LogP contribution < -0.4 is 0 Å². The fourth-order valence-corrected chi connectivity index (χ4v) is 5.21. The van der Waals surface area contributed by atoms with Gasteiger partial charge in [0.05, 0.1) is 34.4 Å². The molecule has 0 aromatic rings. The number of aliphatic carboxylic acids is 1. The van der Waals surface area contributed by atoms with E-state index in [1.165, 1.54) is 19.3 Å². The first-order valence-electron chi connectivity index (χ1n) is 21.1. The van der Waals surface area contributed by atoms with E-state index in [-0.39, 0.29) is 38.6 Å². The van der Waals surface area contributed by atoms with Gasteiger partial charge in [0.2, 0.25) is 0 Å². The minimum Gasteiger partial charge on any atom is -0.477 e. The van der Waals surface area contributed by atoms with E-state index in [1.54, 1.807) is 0 Å². The summed E-state index contributed by atoms with van der Waals surface area (Å²) in [6, 6.07) is 0. The van der Waals surface area contributed by atoms with Gasteiger partial charge in [0.25, 0.3) is 6.29 Å². The van der Waals surface area contributed by atoms with Gasteiger partial charge >= 0.3 is 17.9 Å². The number of unbranched alkanes of at least 4 members (excludes halogenated alkanes) is 10. The molecule has 0 aliphatic heterocycles. The average Bonchev–Trinajstić information content (AvgIpc) is 3.14. The molecular formula is C46H78NO8+. The molecule has 1 N–H and O–H groups in total. The van der Waals surface area contributed by atoms with Crippen LogP contribution in [0.2, 0.25) is 0 Å². The summed E-state index contributed by atoms with van der Waals surface area (Å²) < 4.78 is 22.6. The Morgan fingerprint density at radius 2 is 0.982 bits per heavy atom. The number of carbonyl (C=O) groups excluding carboxylic acids is 2. The lowest BCUT2D eigenvalue weighted by molar-refractivity contribution is -0.870. The molecule has 9 heteroatoms. The standard InChI is InChI=1S/C46H77NO8/c1-6-8-10-12-14-16-18-20-21-22-23-25-27-29-31-33-35-37-44(49)55-42(41-54-46(45(50)51)52-39-38-47(3,4)5)40-53-43(48)36-34-32-30-28-26-24-19-17-15-13-11-9-7-2/h8-11,14-17,20-21,24,26,42,46H,6-7,12-13,18-19,22-23,25,27-41H2,1-5H3/p+1/b10-8-,11-9-,16-14-,17-15-,21-20-,26-24-. The van der Waals surface area contributed by atoms with Gasteiger partial charge in [-0.25, -0.2) is 4.79 Å². The Hall–Kier alpha value is -3.27. The van der Waals surface area contributed by atoms with E-state index in [4.69, 9.17) is 18.9 Å². The van der Waals surface area contributed by atoms with Crippen LogP contribution in [0.4, 0.5) is 0 Å². The fourth-order valence-electron chi connectivity index (χ4n) is 5.21. The average molecular weight is 773 g/mol. The van der Waals surface area contributed by atoms with Gasteiger partial charge < -0.3 is 28.5 Å². The molecule has 0 heterocycles. The summed E-state index contributed by atoms with van der Waals surface area (Å²) in [5.41, 5.74) is 0. The Balaban J connectivity index is 4.54. The second kappa shape index (κ2) is 37.6. The van der Waals surface area contributed by atoms with Gasteiger partial charge in [0.1, 0.15) is 13.2 Å². The number of esters is 2. The van der Waals surface area contributed by atoms with E-state index in [2.05, 4.69) is 86.8 Å². The first-order chi connectivity index (χ1) is 26.6. The Kier molecular flexibility index (Phi) is 35.4. The van der Waals surface area contributed by atoms with Gasteiger partial charge in [0.15, 0.2) is 6.10 Å². The Morgan fingerprint density at radius 3 is 1.47 bits per heavy atom. The molecule has 0 amide bonds. The van der Waals surface area contributed by atoms with Crippen molar-refractivity contribution in [1.29, 1.82) is 0 Å². The van der Waals surface area contributed by atoms with Gasteiger partial charge in [-0.2, -0.15) is 0 Å². The van der Waals surface area contributed by atoms with Crippen molar-refractivity contribution in [3.8, 4) is 0 Å². The maximum absolute atomic E-state index is 12.7. The van der Waals surface area contributed by atoms with Crippen LogP contribution in [-0.2, 0) is 33.3 Å². The third kappa shape index (κ3) is 38.8. The van der Waals surface area contributed by atoms with E-state index in [9.17, 15) is 19.5 Å². The first kappa shape index (κ1) is 51.7. The molecule has 0 aliphatic carbocycles. The van der Waals surface area contributed by atoms with Gasteiger partial charge in [0, 0.05) is 12.8 Å². The molecule has 0 bridgehead atoms. The van der Waals surface area contributed by atoms with Crippen LogP contribution in [0.25, 0.3) is 0 Å². The smallest absolute Gasteiger partial charge is 0.361 e. The zero-order chi connectivity index (χ0) is 40.7. The molecule has 0 aliphatic rings. The second-order valence-corrected chi connectivity index (χ2v) is 14.9. The first-order valence-corrected chi connectivity index (χ1v) is 21.1. The van der Waals surface area contributed by atoms with Crippen molar-refractivity contribution in [3.63, 3.8) is 0 Å². The van der Waals surface area contributed by atoms with Crippen molar-refractivity contribution in [2.75, 3.05) is 47.5 Å². The number of allylic oxidation sites excluding steroid dienone is 12. The molecule has 2 atom stereocenters. The molecule has 0 saturated carbocycles. The lowest BCUT2D eigenvalue weighted by Gasteiger charge is -2.25. The highest BCUT2D eigenvalue weighted by Gasteiger charge is 2.25. The number of quaternary nitrogens is 1. The van der Waals surface area contributed by atoms with Crippen molar-refractivity contribution in [1.82, 2.24) is 0 Å². The molecule has 0 saturated heterocycles. The van der Waals surface area contributed by atoms with E-state index < -0.39 is 24.3 Å². The SMILES string of the molecule is CC/C=C\C/C=C\C/C=C\CCCCCCCCCC(=O)OC(COC(=O)CCCCC/C=C\C/C=C\C/C=C\CC)COC(OCC[N+](C)(C)C)C(=O)O. The predicted octanol–water partition coefficient (Wildman–Crippen LogP) is 10.8. The van der Waals surface area contributed by atoms with Crippen molar-refractivity contribution in [2.45, 2.75) is 155 Å². The molecule has 0 aromatic heterocycles. The largest absolute Gasteiger partial charge is 0.477 e. The van der Waals surface area contributed by atoms with Crippen LogP contribution in [0.15, 0.2) is 72.9 Å². The third-order valence-corrected chi connectivity index (χ3v) is 8.46. The summed E-state index contributed by atoms with van der Waals surface area (Å²) in [7, 11) is 5.93. The number of likely N-dealkylation sites (N-methyl/N-ethyl adjacent to an activating group) is 1. The Labute approximate surface area is 335 Å². The van der Waals surface area contributed by atoms with Crippen molar-refractivity contribution in [2.24, 2.45) is 0 Å². The van der Waals surface area contributed by atoms with Crippen LogP contribution in [0.1, 0.15) is 142 Å². The Bertz CT molecular complexity index is 1130. The number of ether oxygens (including phenoxy) is 4. The monoisotopic (exact) mass is 773 g/mol. The highest BCUT2D eigenvalue weighted by molar-refractivity contribution is 5.71. The summed E-state index contributed by atoms with van der Waals surface area (Å²) in [4.78, 5) is 37.0. The number of carboxylic acids is 1. The van der Waals surface area contributed by atoms with Crippen LogP contribution in [0.3, 0.4) is 0 Å². The maximum Gasteiger partial charge on any atom is 0.361 e. The van der Waals surface area contributed by atoms with Gasteiger partial charge in [-0.15, -0.1) is 0 Å². The van der Waals surface area contributed by atoms with Crippen LogP contribution in [0, 0.1) is 0 Å². The molecule has 0 rings (SSSR count). The molecule has 55 heavy (non-hydrogen) atoms. The summed E-state index contributed by atoms with van der Waals surface area (Å²) >= 11 is 0. The fraction of sp³-hybridized carbons (Fsp3) is 0.674. The van der Waals surface area contributed by atoms with E-state index in [1.807, 2.05) is 21.1 Å². The van der Waals surface area contributed by atoms with Crippen LogP contribution >= 0.6 is 0 Å². The van der Waals surface area contributed by atoms with Gasteiger partial charge in [-0.3, -0.25) is 9.59 Å². The molecule has 0 spiro atoms. The molecule has 9 nitrogen and oxygen atoms in total. The summed E-state index contributed by atoms with van der Waals surface area (Å²) in [5, 5.41) is 9.62. The minimum atomic E-state index is -1.52. The minimum absolute atomic E-state index is 0.177. The van der Waals surface area contributed by atoms with Gasteiger partial charge in [-0.1, -0.05) is 125 Å². The number of carbonyl (C=O) groups is 3. The van der Waals surface area contributed by atoms with E-state index in [0.29, 0.717) is 23.9 Å². The van der Waals surface area contributed by atoms with Crippen molar-refractivity contribution < 1.29 is 42.9 Å². The molecular weight excluding hydrogens is 695 g/mol. The van der Waals surface area contributed by atoms with Crippen LogP contribution in [0.5, 0.6) is 0 Å². The third-order valence-electron chi connectivity index (χ3n) is 8.46. The van der Waals surface area contributed by atoms with Gasteiger partial charge in [-0.05, 0) is 77.0 Å². The quantitative estimate of drug-likeness (QED) is 0.0219. The van der Waals surface area contributed by atoms with Crippen LogP contribution in [-0.4, -0.2) is 87.4 Å². The zero-order valence-electron chi connectivity index (χ0n) is 35.3. The summed E-state index contributed by atoms with van der Waals surface area (Å²) in [6.45, 7) is 4.57. The summed E-state index contributed by atoms with van der Waals surface area (Å²) in [5.74, 6) is -2.07. The number of hydrogen-bond acceptors (Lipinski definition) is 7. The van der Waals surface area contributed by atoms with Crippen molar-refractivity contribution in [3.05, 3.63) is 72.9 Å². The lowest BCUT2D eigenvalue weighted by atomic mass is 10.1. The number of hydrogen-bond donors (Lipinski definition) is 1. The predicted molar refractivity (Wildman–Crippen MR) is 226 cm³/mol. The Morgan fingerprint density at radius 1 is 0.545 bits per heavy atom. The maximum atomic E-state index is 12.7. The number of rotatable bonds is 37. The second-order valence-electron chi connectivity index (χ2n) is 14.9. The number of nitrogens with zero attached hydrogens (tertiary/aromatic N) is 1. The highest BCUT2D eigenvalue weighted by atomic mass is 16.7. The topological polar surface area (TPSA) is 108 Å². The molecule has 0 radical (unpaired) electrons.